The molecule has 0 N–H and O–H groups in total. The zero-order valence-electron chi connectivity index (χ0n) is 18.0. The number of furan rings is 1. The van der Waals surface area contributed by atoms with E-state index in [4.69, 9.17) is 8.84 Å². The van der Waals surface area contributed by atoms with E-state index in [1.54, 1.807) is 12.1 Å². The number of fused-ring (bicyclic) bond motifs is 2. The Hall–Kier alpha value is -4.04. The molecule has 1 aromatic carbocycles. The van der Waals surface area contributed by atoms with Crippen molar-refractivity contribution in [3.8, 4) is 11.3 Å². The van der Waals surface area contributed by atoms with Crippen molar-refractivity contribution in [1.82, 2.24) is 0 Å². The zero-order valence-corrected chi connectivity index (χ0v) is 18.9. The molecule has 0 bridgehead atoms. The van der Waals surface area contributed by atoms with Gasteiger partial charge in [-0.05, 0) is 17.7 Å². The molecule has 0 saturated heterocycles. The summed E-state index contributed by atoms with van der Waals surface area (Å²) in [6.45, 7) is 0. The standard InChI is InChI=1S/C25H15O4.F6P/c26-24-22(17-12-6-2-8-14-19(17)28-24)21(16-10-4-1-5-11-16)23-18-13-7-3-9-15-20(18)29-25(23)27;1-7(2,3,4,5)6/h1-15H;/q+1;-1. The summed E-state index contributed by atoms with van der Waals surface area (Å²) >= 11 is 0. The van der Waals surface area contributed by atoms with E-state index in [2.05, 4.69) is 0 Å². The van der Waals surface area contributed by atoms with E-state index >= 15 is 0 Å². The minimum atomic E-state index is -10.7. The molecule has 2 aliphatic carbocycles. The molecule has 0 fully saturated rings. The third kappa shape index (κ3) is 6.14. The molecule has 0 aromatic heterocycles. The maximum Gasteiger partial charge on any atom is 0.615 e. The average molecular weight is 524 g/mol. The third-order valence-corrected chi connectivity index (χ3v) is 4.91. The van der Waals surface area contributed by atoms with Crippen LogP contribution in [0, 0.1) is 0 Å². The first kappa shape index (κ1) is 25.1. The molecule has 0 radical (unpaired) electrons. The molecule has 36 heavy (non-hydrogen) atoms. The average Bonchev–Trinajstić information content (AvgIpc) is 3.02. The Morgan fingerprint density at radius 1 is 0.778 bits per heavy atom. The van der Waals surface area contributed by atoms with Gasteiger partial charge in [0.2, 0.25) is 0 Å². The van der Waals surface area contributed by atoms with Crippen molar-refractivity contribution in [2.24, 2.45) is 0 Å². The van der Waals surface area contributed by atoms with Gasteiger partial charge in [-0.2, -0.15) is 0 Å². The minimum absolute atomic E-state index is 0.355. The van der Waals surface area contributed by atoms with Gasteiger partial charge >= 0.3 is 44.6 Å². The third-order valence-electron chi connectivity index (χ3n) is 4.91. The SMILES string of the molecule is F[P-](F)(F)(F)(F)F.O=C1[O+]=C2C=CC=CC=C2/C1=C(/c1ccccc1)c1c2cccccc-2oc1=O. The number of carbonyl (C=O) groups is 1. The van der Waals surface area contributed by atoms with Crippen LogP contribution in [0.25, 0.3) is 16.9 Å². The number of hydrogen-bond donors (Lipinski definition) is 0. The van der Waals surface area contributed by atoms with Crippen LogP contribution in [0.1, 0.15) is 11.1 Å². The van der Waals surface area contributed by atoms with Gasteiger partial charge in [-0.1, -0.05) is 72.8 Å². The summed E-state index contributed by atoms with van der Waals surface area (Å²) in [5, 5.41) is 0. The summed E-state index contributed by atoms with van der Waals surface area (Å²) in [7, 11) is -10.7. The fraction of sp³-hybridized carbons (Fsp3) is 0. The van der Waals surface area contributed by atoms with Crippen LogP contribution in [0.3, 0.4) is 0 Å². The summed E-state index contributed by atoms with van der Waals surface area (Å²) < 4.78 is 70.2. The van der Waals surface area contributed by atoms with Gasteiger partial charge in [0, 0.05) is 17.2 Å². The van der Waals surface area contributed by atoms with Crippen LogP contribution in [0.15, 0.2) is 111 Å². The van der Waals surface area contributed by atoms with Crippen molar-refractivity contribution in [2.45, 2.75) is 0 Å². The number of ketones is 1. The van der Waals surface area contributed by atoms with Gasteiger partial charge in [-0.25, -0.2) is 4.79 Å². The Morgan fingerprint density at radius 3 is 2.06 bits per heavy atom. The molecule has 0 saturated carbocycles. The number of hydrogen-bond acceptors (Lipinski definition) is 3. The van der Waals surface area contributed by atoms with Crippen molar-refractivity contribution < 1.29 is 38.8 Å². The second-order valence-electron chi connectivity index (χ2n) is 7.61. The van der Waals surface area contributed by atoms with Crippen molar-refractivity contribution in [3.05, 3.63) is 124 Å². The fourth-order valence-electron chi connectivity index (χ4n) is 3.67. The summed E-state index contributed by atoms with van der Waals surface area (Å²) in [4.78, 5) is 25.9. The molecule has 2 heterocycles. The summed E-state index contributed by atoms with van der Waals surface area (Å²) in [5.41, 5.74) is 2.77. The summed E-state index contributed by atoms with van der Waals surface area (Å²) in [5.74, 6) is 0.447. The van der Waals surface area contributed by atoms with E-state index in [9.17, 15) is 34.8 Å². The van der Waals surface area contributed by atoms with Crippen LogP contribution in [0.4, 0.5) is 25.2 Å². The molecule has 186 valence electrons. The second-order valence-corrected chi connectivity index (χ2v) is 9.52. The molecule has 1 aromatic rings. The topological polar surface area (TPSA) is 58.6 Å². The van der Waals surface area contributed by atoms with E-state index in [-0.39, 0.29) is 0 Å². The van der Waals surface area contributed by atoms with E-state index in [0.29, 0.717) is 39.4 Å². The Bertz CT molecular complexity index is 1530. The maximum atomic E-state index is 12.9. The summed E-state index contributed by atoms with van der Waals surface area (Å²) in [6, 6.07) is 18.5. The predicted octanol–water partition coefficient (Wildman–Crippen LogP) is 7.63. The molecule has 0 atom stereocenters. The first-order valence-corrected chi connectivity index (χ1v) is 12.2. The molecule has 5 rings (SSSR count). The predicted molar refractivity (Wildman–Crippen MR) is 124 cm³/mol. The number of rotatable bonds is 2. The van der Waals surface area contributed by atoms with E-state index < -0.39 is 19.4 Å². The number of carbonyl (C=O) groups excluding carboxylic acids is 2. The Morgan fingerprint density at radius 2 is 1.39 bits per heavy atom. The number of benzene rings is 1. The molecule has 0 spiro atoms. The Kier molecular flexibility index (Phi) is 5.76. The quantitative estimate of drug-likeness (QED) is 0.150. The largest absolute Gasteiger partial charge is 0.615 e. The van der Waals surface area contributed by atoms with Gasteiger partial charge in [0.05, 0.1) is 15.9 Å². The minimum Gasteiger partial charge on any atom is -0.422 e. The van der Waals surface area contributed by atoms with Crippen molar-refractivity contribution in [1.29, 1.82) is 0 Å². The van der Waals surface area contributed by atoms with Crippen molar-refractivity contribution in [3.63, 3.8) is 0 Å². The second kappa shape index (κ2) is 8.27. The van der Waals surface area contributed by atoms with E-state index in [1.807, 2.05) is 78.9 Å². The molecule has 2 aliphatic heterocycles. The molecule has 4 aliphatic rings. The molecule has 4 nitrogen and oxygen atoms in total. The molecule has 0 amide bonds. The van der Waals surface area contributed by atoms with Gasteiger partial charge in [0.25, 0.3) is 5.78 Å². The van der Waals surface area contributed by atoms with Gasteiger partial charge < -0.3 is 4.42 Å². The normalized spacial score (nSPS) is 18.2. The van der Waals surface area contributed by atoms with Gasteiger partial charge in [-0.15, -0.1) is 0 Å². The van der Waals surface area contributed by atoms with Crippen LogP contribution in [-0.4, -0.2) is 11.8 Å². The van der Waals surface area contributed by atoms with Crippen LogP contribution in [-0.2, 0) is 9.22 Å². The van der Waals surface area contributed by atoms with Gasteiger partial charge in [0.15, 0.2) is 5.57 Å². The molecular weight excluding hydrogens is 509 g/mol. The fourth-order valence-corrected chi connectivity index (χ4v) is 3.67. The number of halogens is 6. The Labute approximate surface area is 199 Å². The molecule has 11 heteroatoms. The maximum absolute atomic E-state index is 12.9. The molecule has 0 unspecified atom stereocenters. The van der Waals surface area contributed by atoms with Crippen LogP contribution < -0.4 is 5.63 Å². The summed E-state index contributed by atoms with van der Waals surface area (Å²) in [6.07, 6.45) is 9.08. The van der Waals surface area contributed by atoms with Gasteiger partial charge in [0.1, 0.15) is 5.76 Å². The smallest absolute Gasteiger partial charge is 0.422 e. The van der Waals surface area contributed by atoms with Crippen molar-refractivity contribution >= 4 is 25.1 Å². The number of allylic oxidation sites excluding steroid dienone is 5. The van der Waals surface area contributed by atoms with E-state index in [1.165, 1.54) is 0 Å². The molecular formula is C25H15F6O4P. The van der Waals surface area contributed by atoms with Crippen LogP contribution in [0.5, 0.6) is 0 Å². The van der Waals surface area contributed by atoms with Crippen LogP contribution in [0.2, 0.25) is 0 Å². The van der Waals surface area contributed by atoms with E-state index in [0.717, 1.165) is 5.56 Å². The first-order chi connectivity index (χ1) is 16.7. The van der Waals surface area contributed by atoms with Crippen molar-refractivity contribution in [2.75, 3.05) is 0 Å². The van der Waals surface area contributed by atoms with Crippen LogP contribution >= 0.6 is 7.81 Å². The Balaban J connectivity index is 0.000000384. The monoisotopic (exact) mass is 524 g/mol. The van der Waals surface area contributed by atoms with Gasteiger partial charge in [-0.3, -0.25) is 4.42 Å². The first-order valence-electron chi connectivity index (χ1n) is 10.2. The zero-order chi connectivity index (χ0) is 26.2.